The molecule has 3 rings (SSSR count). The lowest BCUT2D eigenvalue weighted by Gasteiger charge is -2.31. The molecular formula is C23H36N6. The lowest BCUT2D eigenvalue weighted by molar-refractivity contribution is 0.190. The van der Waals surface area contributed by atoms with Gasteiger partial charge in [-0.05, 0) is 50.0 Å². The van der Waals surface area contributed by atoms with Gasteiger partial charge in [0, 0.05) is 38.6 Å². The maximum atomic E-state index is 4.38. The van der Waals surface area contributed by atoms with Crippen molar-refractivity contribution in [2.75, 3.05) is 27.2 Å². The van der Waals surface area contributed by atoms with Gasteiger partial charge in [-0.2, -0.15) is 5.10 Å². The fourth-order valence-corrected chi connectivity index (χ4v) is 4.09. The maximum absolute atomic E-state index is 4.38. The van der Waals surface area contributed by atoms with Crippen molar-refractivity contribution < 1.29 is 0 Å². The van der Waals surface area contributed by atoms with Crippen molar-refractivity contribution in [2.45, 2.75) is 57.7 Å². The van der Waals surface area contributed by atoms with Gasteiger partial charge in [-0.3, -0.25) is 9.67 Å². The van der Waals surface area contributed by atoms with Crippen molar-refractivity contribution in [3.8, 4) is 0 Å². The van der Waals surface area contributed by atoms with E-state index in [1.807, 2.05) is 30.2 Å². The van der Waals surface area contributed by atoms with Gasteiger partial charge in [-0.1, -0.05) is 43.5 Å². The molecule has 0 spiro atoms. The largest absolute Gasteiger partial charge is 0.356 e. The predicted molar refractivity (Wildman–Crippen MR) is 120 cm³/mol. The van der Waals surface area contributed by atoms with Crippen molar-refractivity contribution in [1.29, 1.82) is 0 Å². The van der Waals surface area contributed by atoms with Crippen molar-refractivity contribution >= 4 is 5.96 Å². The molecule has 0 radical (unpaired) electrons. The van der Waals surface area contributed by atoms with Gasteiger partial charge in [-0.25, -0.2) is 0 Å². The number of aromatic nitrogens is 2. The molecule has 1 aromatic carbocycles. The summed E-state index contributed by atoms with van der Waals surface area (Å²) in [5.74, 6) is 0.860. The maximum Gasteiger partial charge on any atom is 0.191 e. The zero-order valence-electron chi connectivity index (χ0n) is 18.0. The van der Waals surface area contributed by atoms with E-state index in [0.717, 1.165) is 44.6 Å². The van der Waals surface area contributed by atoms with Crippen LogP contribution in [0.15, 0.2) is 47.7 Å². The first-order valence-corrected chi connectivity index (χ1v) is 10.9. The average Bonchev–Trinajstić information content (AvgIpc) is 3.28. The minimum Gasteiger partial charge on any atom is -0.356 e. The minimum absolute atomic E-state index is 0.749. The van der Waals surface area contributed by atoms with Crippen LogP contribution in [0.4, 0.5) is 0 Å². The monoisotopic (exact) mass is 396 g/mol. The molecule has 0 bridgehead atoms. The molecule has 29 heavy (non-hydrogen) atoms. The summed E-state index contributed by atoms with van der Waals surface area (Å²) in [7, 11) is 4.11. The SMILES string of the molecule is CN=C(NCCCN(C)C1CCCCC1)NCc1ccccc1Cn1cccn1. The lowest BCUT2D eigenvalue weighted by atomic mass is 9.94. The standard InChI is InChI=1S/C23H36N6/c1-24-23(25-14-8-16-28(2)22-12-4-3-5-13-22)26-18-20-10-6-7-11-21(20)19-29-17-9-15-27-29/h6-7,9-11,15,17,22H,3-5,8,12-14,16,18-19H2,1-2H3,(H2,24,25,26). The summed E-state index contributed by atoms with van der Waals surface area (Å²) >= 11 is 0. The number of guanidine groups is 1. The number of hydrogen-bond acceptors (Lipinski definition) is 3. The summed E-state index contributed by atoms with van der Waals surface area (Å²) in [5.41, 5.74) is 2.54. The zero-order chi connectivity index (χ0) is 20.3. The van der Waals surface area contributed by atoms with Crippen LogP contribution in [0.5, 0.6) is 0 Å². The van der Waals surface area contributed by atoms with Crippen LogP contribution >= 0.6 is 0 Å². The quantitative estimate of drug-likeness (QED) is 0.388. The van der Waals surface area contributed by atoms with Gasteiger partial charge in [0.15, 0.2) is 5.96 Å². The van der Waals surface area contributed by atoms with Gasteiger partial charge in [0.2, 0.25) is 0 Å². The molecule has 0 atom stereocenters. The lowest BCUT2D eigenvalue weighted by Crippen LogP contribution is -2.39. The van der Waals surface area contributed by atoms with Gasteiger partial charge < -0.3 is 15.5 Å². The summed E-state index contributed by atoms with van der Waals surface area (Å²) in [4.78, 5) is 6.92. The van der Waals surface area contributed by atoms with Crippen LogP contribution in [-0.2, 0) is 13.1 Å². The first-order chi connectivity index (χ1) is 14.3. The highest BCUT2D eigenvalue weighted by atomic mass is 15.3. The van der Waals surface area contributed by atoms with Crippen molar-refractivity contribution in [3.63, 3.8) is 0 Å². The van der Waals surface area contributed by atoms with E-state index in [4.69, 9.17) is 0 Å². The van der Waals surface area contributed by atoms with Crippen LogP contribution in [0.1, 0.15) is 49.7 Å². The first kappa shape index (κ1) is 21.4. The second-order valence-corrected chi connectivity index (χ2v) is 7.95. The first-order valence-electron chi connectivity index (χ1n) is 10.9. The molecule has 1 heterocycles. The van der Waals surface area contributed by atoms with Gasteiger partial charge in [0.05, 0.1) is 6.54 Å². The Bertz CT molecular complexity index is 734. The fraction of sp³-hybridized carbons (Fsp3) is 0.565. The second-order valence-electron chi connectivity index (χ2n) is 7.95. The Morgan fingerprint density at radius 2 is 1.93 bits per heavy atom. The summed E-state index contributed by atoms with van der Waals surface area (Å²) in [6, 6.07) is 11.2. The van der Waals surface area contributed by atoms with Crippen LogP contribution in [0.3, 0.4) is 0 Å². The summed E-state index contributed by atoms with van der Waals surface area (Å²) in [6.45, 7) is 3.61. The number of benzene rings is 1. The van der Waals surface area contributed by atoms with Gasteiger partial charge in [-0.15, -0.1) is 0 Å². The molecule has 0 amide bonds. The molecule has 1 fully saturated rings. The van der Waals surface area contributed by atoms with E-state index in [-0.39, 0.29) is 0 Å². The Morgan fingerprint density at radius 1 is 1.14 bits per heavy atom. The highest BCUT2D eigenvalue weighted by Gasteiger charge is 2.17. The third-order valence-corrected chi connectivity index (χ3v) is 5.86. The van der Waals surface area contributed by atoms with Crippen molar-refractivity contribution in [2.24, 2.45) is 4.99 Å². The molecule has 0 aliphatic heterocycles. The molecule has 1 aliphatic carbocycles. The molecule has 6 heteroatoms. The normalized spacial score (nSPS) is 15.6. The van der Waals surface area contributed by atoms with E-state index < -0.39 is 0 Å². The highest BCUT2D eigenvalue weighted by Crippen LogP contribution is 2.21. The Morgan fingerprint density at radius 3 is 2.66 bits per heavy atom. The van der Waals surface area contributed by atoms with Gasteiger partial charge >= 0.3 is 0 Å². The van der Waals surface area contributed by atoms with Crippen LogP contribution in [-0.4, -0.2) is 53.9 Å². The fourth-order valence-electron chi connectivity index (χ4n) is 4.09. The van der Waals surface area contributed by atoms with Gasteiger partial charge in [0.25, 0.3) is 0 Å². The van der Waals surface area contributed by atoms with Crippen molar-refractivity contribution in [1.82, 2.24) is 25.3 Å². The molecule has 2 N–H and O–H groups in total. The van der Waals surface area contributed by atoms with Crippen LogP contribution in [0, 0.1) is 0 Å². The molecule has 0 unspecified atom stereocenters. The Hall–Kier alpha value is -2.34. The topological polar surface area (TPSA) is 57.5 Å². The van der Waals surface area contributed by atoms with E-state index in [1.165, 1.54) is 43.2 Å². The predicted octanol–water partition coefficient (Wildman–Crippen LogP) is 3.25. The van der Waals surface area contributed by atoms with E-state index in [2.05, 4.69) is 56.9 Å². The minimum atomic E-state index is 0.749. The van der Waals surface area contributed by atoms with E-state index in [1.54, 1.807) is 0 Å². The molecule has 1 saturated carbocycles. The molecule has 2 aromatic rings. The molecule has 6 nitrogen and oxygen atoms in total. The van der Waals surface area contributed by atoms with Gasteiger partial charge in [0.1, 0.15) is 0 Å². The molecule has 1 aliphatic rings. The smallest absolute Gasteiger partial charge is 0.191 e. The van der Waals surface area contributed by atoms with Crippen LogP contribution < -0.4 is 10.6 Å². The number of aliphatic imine (C=N–C) groups is 1. The third-order valence-electron chi connectivity index (χ3n) is 5.86. The molecule has 158 valence electrons. The Balaban J connectivity index is 1.40. The Kier molecular flexibility index (Phi) is 8.56. The van der Waals surface area contributed by atoms with E-state index in [0.29, 0.717) is 0 Å². The highest BCUT2D eigenvalue weighted by molar-refractivity contribution is 5.79. The molecular weight excluding hydrogens is 360 g/mol. The Labute approximate surface area is 175 Å². The number of nitrogens with zero attached hydrogens (tertiary/aromatic N) is 4. The number of rotatable bonds is 9. The summed E-state index contributed by atoms with van der Waals surface area (Å²) in [6.07, 6.45) is 11.9. The average molecular weight is 397 g/mol. The van der Waals surface area contributed by atoms with E-state index >= 15 is 0 Å². The van der Waals surface area contributed by atoms with Crippen LogP contribution in [0.2, 0.25) is 0 Å². The third kappa shape index (κ3) is 6.89. The van der Waals surface area contributed by atoms with E-state index in [9.17, 15) is 0 Å². The second kappa shape index (κ2) is 11.6. The molecule has 1 aromatic heterocycles. The molecule has 0 saturated heterocycles. The summed E-state index contributed by atoms with van der Waals surface area (Å²) < 4.78 is 1.95. The van der Waals surface area contributed by atoms with Crippen molar-refractivity contribution in [3.05, 3.63) is 53.9 Å². The number of nitrogens with one attached hydrogen (secondary N) is 2. The van der Waals surface area contributed by atoms with Crippen LogP contribution in [0.25, 0.3) is 0 Å². The zero-order valence-corrected chi connectivity index (χ0v) is 18.0. The summed E-state index contributed by atoms with van der Waals surface area (Å²) in [5, 5.41) is 11.2. The number of hydrogen-bond donors (Lipinski definition) is 2.